The highest BCUT2D eigenvalue weighted by atomic mass is 16.5. The normalized spacial score (nSPS) is 38.4. The van der Waals surface area contributed by atoms with E-state index in [0.29, 0.717) is 12.1 Å². The summed E-state index contributed by atoms with van der Waals surface area (Å²) in [5.74, 6) is 0. The van der Waals surface area contributed by atoms with Gasteiger partial charge in [0, 0.05) is 31.8 Å². The molecule has 1 N–H and O–H groups in total. The van der Waals surface area contributed by atoms with Gasteiger partial charge in [-0.25, -0.2) is 0 Å². The number of piperidine rings is 1. The Kier molecular flexibility index (Phi) is 4.00. The number of nitrogens with one attached hydrogen (secondary N) is 1. The number of nitrogens with zero attached hydrogens (tertiary/aromatic N) is 1. The predicted molar refractivity (Wildman–Crippen MR) is 62.1 cm³/mol. The molecule has 88 valence electrons. The fourth-order valence-electron chi connectivity index (χ4n) is 2.80. The molecular formula is C12H24N2O. The third-order valence-corrected chi connectivity index (χ3v) is 3.88. The second kappa shape index (κ2) is 5.28. The van der Waals surface area contributed by atoms with E-state index in [-0.39, 0.29) is 0 Å². The summed E-state index contributed by atoms with van der Waals surface area (Å²) in [5, 5.41) is 3.39. The molecule has 0 aromatic carbocycles. The maximum absolute atomic E-state index is 5.70. The number of ether oxygens (including phenoxy) is 1. The Morgan fingerprint density at radius 1 is 1.40 bits per heavy atom. The first-order valence-electron chi connectivity index (χ1n) is 6.32. The molecule has 3 nitrogen and oxygen atoms in total. The number of rotatable bonds is 3. The summed E-state index contributed by atoms with van der Waals surface area (Å²) in [5.41, 5.74) is 0. The van der Waals surface area contributed by atoms with E-state index in [1.807, 2.05) is 0 Å². The highest BCUT2D eigenvalue weighted by Crippen LogP contribution is 2.20. The van der Waals surface area contributed by atoms with Gasteiger partial charge >= 0.3 is 0 Å². The largest absolute Gasteiger partial charge is 0.377 e. The van der Waals surface area contributed by atoms with E-state index in [9.17, 15) is 0 Å². The minimum Gasteiger partial charge on any atom is -0.377 e. The van der Waals surface area contributed by atoms with Gasteiger partial charge in [-0.05, 0) is 39.7 Å². The van der Waals surface area contributed by atoms with Gasteiger partial charge in [0.1, 0.15) is 0 Å². The summed E-state index contributed by atoms with van der Waals surface area (Å²) in [7, 11) is 2.08. The van der Waals surface area contributed by atoms with Crippen LogP contribution in [0.5, 0.6) is 0 Å². The van der Waals surface area contributed by atoms with E-state index < -0.39 is 0 Å². The highest BCUT2D eigenvalue weighted by Gasteiger charge is 2.27. The molecule has 0 aliphatic carbocycles. The second-order valence-corrected chi connectivity index (χ2v) is 4.99. The lowest BCUT2D eigenvalue weighted by Gasteiger charge is -2.38. The van der Waals surface area contributed by atoms with E-state index >= 15 is 0 Å². The fraction of sp³-hybridized carbons (Fsp3) is 1.00. The van der Waals surface area contributed by atoms with Gasteiger partial charge in [0.25, 0.3) is 0 Å². The van der Waals surface area contributed by atoms with Crippen LogP contribution < -0.4 is 5.32 Å². The summed E-state index contributed by atoms with van der Waals surface area (Å²) in [6.45, 7) is 5.70. The third kappa shape index (κ3) is 2.92. The first-order chi connectivity index (χ1) is 7.29. The summed E-state index contributed by atoms with van der Waals surface area (Å²) in [6, 6.07) is 1.43. The van der Waals surface area contributed by atoms with Gasteiger partial charge in [-0.1, -0.05) is 0 Å². The molecule has 2 fully saturated rings. The Balaban J connectivity index is 1.77. The second-order valence-electron chi connectivity index (χ2n) is 4.99. The molecule has 0 amide bonds. The lowest BCUT2D eigenvalue weighted by Crippen LogP contribution is -2.48. The summed E-state index contributed by atoms with van der Waals surface area (Å²) in [6.07, 6.45) is 5.60. The maximum atomic E-state index is 5.70. The van der Waals surface area contributed by atoms with Gasteiger partial charge in [0.05, 0.1) is 6.10 Å². The molecule has 15 heavy (non-hydrogen) atoms. The molecule has 0 aromatic rings. The van der Waals surface area contributed by atoms with Crippen LogP contribution in [0.2, 0.25) is 0 Å². The molecule has 0 bridgehead atoms. The third-order valence-electron chi connectivity index (χ3n) is 3.88. The van der Waals surface area contributed by atoms with Crippen LogP contribution in [0.4, 0.5) is 0 Å². The Hall–Kier alpha value is -0.120. The standard InChI is InChI=1S/C12H24N2O/c1-10-8-11(13-2)5-6-14(10)9-12-4-3-7-15-12/h10-13H,3-9H2,1-2H3. The topological polar surface area (TPSA) is 24.5 Å². The van der Waals surface area contributed by atoms with Crippen molar-refractivity contribution in [3.05, 3.63) is 0 Å². The van der Waals surface area contributed by atoms with Gasteiger partial charge in [-0.2, -0.15) is 0 Å². The number of likely N-dealkylation sites (tertiary alicyclic amines) is 1. The van der Waals surface area contributed by atoms with Crippen molar-refractivity contribution in [2.75, 3.05) is 26.7 Å². The molecule has 0 radical (unpaired) electrons. The monoisotopic (exact) mass is 212 g/mol. The molecule has 3 unspecified atom stereocenters. The predicted octanol–water partition coefficient (Wildman–Crippen LogP) is 1.24. The molecule has 2 aliphatic rings. The van der Waals surface area contributed by atoms with E-state index in [2.05, 4.69) is 24.2 Å². The van der Waals surface area contributed by atoms with Crippen LogP contribution in [-0.2, 0) is 4.74 Å². The molecule has 0 spiro atoms. The first-order valence-corrected chi connectivity index (χ1v) is 6.32. The molecule has 2 heterocycles. The van der Waals surface area contributed by atoms with Gasteiger partial charge in [-0.15, -0.1) is 0 Å². The Morgan fingerprint density at radius 2 is 2.27 bits per heavy atom. The van der Waals surface area contributed by atoms with Crippen molar-refractivity contribution in [2.24, 2.45) is 0 Å². The zero-order valence-corrected chi connectivity index (χ0v) is 10.0. The van der Waals surface area contributed by atoms with Crippen LogP contribution in [-0.4, -0.2) is 49.8 Å². The van der Waals surface area contributed by atoms with Gasteiger partial charge in [0.2, 0.25) is 0 Å². The van der Waals surface area contributed by atoms with Crippen LogP contribution >= 0.6 is 0 Å². The Labute approximate surface area is 93.2 Å². The van der Waals surface area contributed by atoms with Gasteiger partial charge in [0.15, 0.2) is 0 Å². The van der Waals surface area contributed by atoms with E-state index in [4.69, 9.17) is 4.74 Å². The quantitative estimate of drug-likeness (QED) is 0.762. The van der Waals surface area contributed by atoms with Crippen molar-refractivity contribution in [1.29, 1.82) is 0 Å². The van der Waals surface area contributed by atoms with Crippen molar-refractivity contribution >= 4 is 0 Å². The minimum atomic E-state index is 0.513. The van der Waals surface area contributed by atoms with Crippen molar-refractivity contribution in [3.8, 4) is 0 Å². The smallest absolute Gasteiger partial charge is 0.0702 e. The highest BCUT2D eigenvalue weighted by molar-refractivity contribution is 4.84. The molecule has 2 saturated heterocycles. The van der Waals surface area contributed by atoms with Crippen LogP contribution in [0.1, 0.15) is 32.6 Å². The van der Waals surface area contributed by atoms with Crippen LogP contribution in [0.15, 0.2) is 0 Å². The van der Waals surface area contributed by atoms with Crippen molar-refractivity contribution in [3.63, 3.8) is 0 Å². The summed E-state index contributed by atoms with van der Waals surface area (Å²) < 4.78 is 5.70. The molecule has 3 atom stereocenters. The average molecular weight is 212 g/mol. The van der Waals surface area contributed by atoms with E-state index in [1.165, 1.54) is 32.2 Å². The summed E-state index contributed by atoms with van der Waals surface area (Å²) in [4.78, 5) is 2.60. The van der Waals surface area contributed by atoms with Crippen LogP contribution in [0, 0.1) is 0 Å². The lowest BCUT2D eigenvalue weighted by atomic mass is 9.98. The fourth-order valence-corrected chi connectivity index (χ4v) is 2.80. The van der Waals surface area contributed by atoms with Crippen molar-refractivity contribution in [2.45, 2.75) is 50.8 Å². The van der Waals surface area contributed by atoms with Gasteiger partial charge in [-0.3, -0.25) is 4.90 Å². The lowest BCUT2D eigenvalue weighted by molar-refractivity contribution is 0.0431. The molecule has 0 aromatic heterocycles. The van der Waals surface area contributed by atoms with Gasteiger partial charge < -0.3 is 10.1 Å². The maximum Gasteiger partial charge on any atom is 0.0702 e. The van der Waals surface area contributed by atoms with E-state index in [0.717, 1.165) is 19.2 Å². The zero-order chi connectivity index (χ0) is 10.7. The SMILES string of the molecule is CNC1CCN(CC2CCCO2)C(C)C1. The summed E-state index contributed by atoms with van der Waals surface area (Å²) >= 11 is 0. The Bertz CT molecular complexity index is 192. The van der Waals surface area contributed by atoms with Crippen LogP contribution in [0.3, 0.4) is 0 Å². The number of hydrogen-bond acceptors (Lipinski definition) is 3. The first kappa shape index (κ1) is 11.4. The molecule has 2 rings (SSSR count). The molecule has 3 heteroatoms. The molecular weight excluding hydrogens is 188 g/mol. The van der Waals surface area contributed by atoms with E-state index in [1.54, 1.807) is 0 Å². The minimum absolute atomic E-state index is 0.513. The Morgan fingerprint density at radius 3 is 2.87 bits per heavy atom. The van der Waals surface area contributed by atoms with Crippen molar-refractivity contribution < 1.29 is 4.74 Å². The molecule has 0 saturated carbocycles. The molecule has 2 aliphatic heterocycles. The van der Waals surface area contributed by atoms with Crippen LogP contribution in [0.25, 0.3) is 0 Å². The average Bonchev–Trinajstić information content (AvgIpc) is 2.74. The number of hydrogen-bond donors (Lipinski definition) is 1. The zero-order valence-electron chi connectivity index (χ0n) is 10.0. The van der Waals surface area contributed by atoms with Crippen molar-refractivity contribution in [1.82, 2.24) is 10.2 Å².